The molecule has 1 unspecified atom stereocenters. The van der Waals surface area contributed by atoms with Crippen LogP contribution in [0.25, 0.3) is 0 Å². The molecule has 1 aromatic carbocycles. The lowest BCUT2D eigenvalue weighted by Gasteiger charge is -2.11. The standard InChI is InChI=1S/C13H16BrFN2O3/c1-2-3-9(18)7-16-12(19)13(20)17-11-5-4-8(15)6-10(11)14/h4-6,9,18H,2-3,7H2,1H3,(H,16,19)(H,17,20). The predicted octanol–water partition coefficient (Wildman–Crippen LogP) is 1.80. The van der Waals surface area contributed by atoms with Gasteiger partial charge in [-0.05, 0) is 40.5 Å². The van der Waals surface area contributed by atoms with Crippen molar-refractivity contribution in [1.82, 2.24) is 5.32 Å². The number of halogens is 2. The highest BCUT2D eigenvalue weighted by molar-refractivity contribution is 9.10. The zero-order valence-corrected chi connectivity index (χ0v) is 12.5. The number of amides is 2. The number of hydrogen-bond donors (Lipinski definition) is 3. The number of rotatable bonds is 5. The van der Waals surface area contributed by atoms with Gasteiger partial charge in [-0.25, -0.2) is 4.39 Å². The van der Waals surface area contributed by atoms with Crippen molar-refractivity contribution < 1.29 is 19.1 Å². The molecular formula is C13H16BrFN2O3. The van der Waals surface area contributed by atoms with Crippen LogP contribution >= 0.6 is 15.9 Å². The Bertz CT molecular complexity index is 497. The highest BCUT2D eigenvalue weighted by Gasteiger charge is 2.16. The molecule has 0 aliphatic heterocycles. The second-order valence-corrected chi connectivity index (χ2v) is 5.09. The number of nitrogens with one attached hydrogen (secondary N) is 2. The molecule has 0 aliphatic rings. The molecule has 0 spiro atoms. The van der Waals surface area contributed by atoms with E-state index < -0.39 is 23.7 Å². The minimum Gasteiger partial charge on any atom is -0.391 e. The maximum absolute atomic E-state index is 12.9. The van der Waals surface area contributed by atoms with Crippen LogP contribution < -0.4 is 10.6 Å². The minimum absolute atomic E-state index is 0.0185. The fourth-order valence-corrected chi connectivity index (χ4v) is 1.95. The van der Waals surface area contributed by atoms with Gasteiger partial charge in [0.15, 0.2) is 0 Å². The molecule has 0 heterocycles. The Morgan fingerprint density at radius 1 is 1.40 bits per heavy atom. The first-order valence-corrected chi connectivity index (χ1v) is 6.95. The van der Waals surface area contributed by atoms with Crippen molar-refractivity contribution in [3.05, 3.63) is 28.5 Å². The number of aliphatic hydroxyl groups is 1. The summed E-state index contributed by atoms with van der Waals surface area (Å²) in [5, 5.41) is 14.1. The molecule has 0 saturated heterocycles. The first kappa shape index (κ1) is 16.6. The topological polar surface area (TPSA) is 78.4 Å². The number of benzene rings is 1. The zero-order valence-electron chi connectivity index (χ0n) is 11.0. The average Bonchev–Trinajstić information content (AvgIpc) is 2.39. The molecule has 0 fully saturated rings. The van der Waals surface area contributed by atoms with E-state index in [1.165, 1.54) is 18.2 Å². The van der Waals surface area contributed by atoms with Crippen LogP contribution in [0.5, 0.6) is 0 Å². The van der Waals surface area contributed by atoms with E-state index in [-0.39, 0.29) is 6.54 Å². The zero-order chi connectivity index (χ0) is 15.1. The van der Waals surface area contributed by atoms with Crippen LogP contribution in [0.15, 0.2) is 22.7 Å². The van der Waals surface area contributed by atoms with Crippen LogP contribution in [-0.2, 0) is 9.59 Å². The van der Waals surface area contributed by atoms with Crippen LogP contribution in [0, 0.1) is 5.82 Å². The Kier molecular flexibility index (Phi) is 6.60. The summed E-state index contributed by atoms with van der Waals surface area (Å²) in [5.74, 6) is -2.18. The number of carbonyl (C=O) groups is 2. The van der Waals surface area contributed by atoms with Gasteiger partial charge in [0.2, 0.25) is 0 Å². The Labute approximate surface area is 124 Å². The average molecular weight is 347 g/mol. The second kappa shape index (κ2) is 7.96. The Balaban J connectivity index is 2.51. The van der Waals surface area contributed by atoms with Crippen molar-refractivity contribution in [2.75, 3.05) is 11.9 Å². The van der Waals surface area contributed by atoms with Crippen molar-refractivity contribution in [3.8, 4) is 0 Å². The first-order chi connectivity index (χ1) is 9.43. The number of aliphatic hydroxyl groups excluding tert-OH is 1. The Hall–Kier alpha value is -1.47. The Morgan fingerprint density at radius 2 is 2.10 bits per heavy atom. The monoisotopic (exact) mass is 346 g/mol. The molecule has 0 radical (unpaired) electrons. The van der Waals surface area contributed by atoms with E-state index in [4.69, 9.17) is 0 Å². The van der Waals surface area contributed by atoms with E-state index in [0.29, 0.717) is 16.6 Å². The van der Waals surface area contributed by atoms with Crippen LogP contribution in [0.3, 0.4) is 0 Å². The van der Waals surface area contributed by atoms with Crippen molar-refractivity contribution in [3.63, 3.8) is 0 Å². The summed E-state index contributed by atoms with van der Waals surface area (Å²) >= 11 is 3.08. The summed E-state index contributed by atoms with van der Waals surface area (Å²) in [6.07, 6.45) is 0.659. The summed E-state index contributed by atoms with van der Waals surface area (Å²) in [4.78, 5) is 23.1. The smallest absolute Gasteiger partial charge is 0.313 e. The fraction of sp³-hybridized carbons (Fsp3) is 0.385. The van der Waals surface area contributed by atoms with E-state index in [9.17, 15) is 19.1 Å². The van der Waals surface area contributed by atoms with E-state index in [0.717, 1.165) is 6.42 Å². The SMILES string of the molecule is CCCC(O)CNC(=O)C(=O)Nc1ccc(F)cc1Br. The van der Waals surface area contributed by atoms with Gasteiger partial charge in [0.25, 0.3) is 0 Å². The second-order valence-electron chi connectivity index (χ2n) is 4.23. The first-order valence-electron chi connectivity index (χ1n) is 6.16. The molecule has 0 aromatic heterocycles. The summed E-state index contributed by atoms with van der Waals surface area (Å²) < 4.78 is 13.2. The molecule has 3 N–H and O–H groups in total. The maximum Gasteiger partial charge on any atom is 0.313 e. The van der Waals surface area contributed by atoms with Crippen molar-refractivity contribution in [2.45, 2.75) is 25.9 Å². The highest BCUT2D eigenvalue weighted by atomic mass is 79.9. The lowest BCUT2D eigenvalue weighted by molar-refractivity contribution is -0.136. The van der Waals surface area contributed by atoms with Gasteiger partial charge in [0.05, 0.1) is 11.8 Å². The number of anilines is 1. The summed E-state index contributed by atoms with van der Waals surface area (Å²) in [6, 6.07) is 3.69. The van der Waals surface area contributed by atoms with Crippen LogP contribution in [-0.4, -0.2) is 29.6 Å². The molecule has 0 saturated carbocycles. The van der Waals surface area contributed by atoms with Crippen molar-refractivity contribution in [2.24, 2.45) is 0 Å². The summed E-state index contributed by atoms with van der Waals surface area (Å²) in [7, 11) is 0. The molecule has 1 atom stereocenters. The van der Waals surface area contributed by atoms with Gasteiger partial charge in [-0.3, -0.25) is 9.59 Å². The van der Waals surface area contributed by atoms with Gasteiger partial charge in [-0.2, -0.15) is 0 Å². The fourth-order valence-electron chi connectivity index (χ4n) is 1.50. The lowest BCUT2D eigenvalue weighted by atomic mass is 10.2. The summed E-state index contributed by atoms with van der Waals surface area (Å²) in [6.45, 7) is 1.93. The van der Waals surface area contributed by atoms with Crippen molar-refractivity contribution in [1.29, 1.82) is 0 Å². The van der Waals surface area contributed by atoms with Gasteiger partial charge < -0.3 is 15.7 Å². The predicted molar refractivity (Wildman–Crippen MR) is 76.7 cm³/mol. The van der Waals surface area contributed by atoms with E-state index in [1.54, 1.807) is 0 Å². The highest BCUT2D eigenvalue weighted by Crippen LogP contribution is 2.22. The van der Waals surface area contributed by atoms with Gasteiger partial charge in [0, 0.05) is 11.0 Å². The lowest BCUT2D eigenvalue weighted by Crippen LogP contribution is -2.39. The molecule has 110 valence electrons. The minimum atomic E-state index is -0.874. The number of hydrogen-bond acceptors (Lipinski definition) is 3. The largest absolute Gasteiger partial charge is 0.391 e. The molecule has 2 amide bonds. The third kappa shape index (κ3) is 5.26. The Morgan fingerprint density at radius 3 is 2.70 bits per heavy atom. The molecular weight excluding hydrogens is 331 g/mol. The molecule has 1 aromatic rings. The van der Waals surface area contributed by atoms with Gasteiger partial charge in [-0.1, -0.05) is 13.3 Å². The van der Waals surface area contributed by atoms with Crippen LogP contribution in [0.4, 0.5) is 10.1 Å². The quantitative estimate of drug-likeness (QED) is 0.711. The number of carbonyl (C=O) groups excluding carboxylic acids is 2. The molecule has 0 aliphatic carbocycles. The molecule has 5 nitrogen and oxygen atoms in total. The van der Waals surface area contributed by atoms with Crippen molar-refractivity contribution >= 4 is 33.4 Å². The van der Waals surface area contributed by atoms with Gasteiger partial charge in [0.1, 0.15) is 5.82 Å². The normalized spacial score (nSPS) is 11.8. The third-order valence-electron chi connectivity index (χ3n) is 2.51. The molecule has 1 rings (SSSR count). The third-order valence-corrected chi connectivity index (χ3v) is 3.16. The van der Waals surface area contributed by atoms with Gasteiger partial charge >= 0.3 is 11.8 Å². The maximum atomic E-state index is 12.9. The van der Waals surface area contributed by atoms with Crippen LogP contribution in [0.2, 0.25) is 0 Å². The molecule has 20 heavy (non-hydrogen) atoms. The van der Waals surface area contributed by atoms with E-state index in [1.807, 2.05) is 6.92 Å². The van der Waals surface area contributed by atoms with E-state index in [2.05, 4.69) is 26.6 Å². The van der Waals surface area contributed by atoms with E-state index >= 15 is 0 Å². The molecule has 7 heteroatoms. The van der Waals surface area contributed by atoms with Gasteiger partial charge in [-0.15, -0.1) is 0 Å². The summed E-state index contributed by atoms with van der Waals surface area (Å²) in [5.41, 5.74) is 0.292. The van der Waals surface area contributed by atoms with Crippen LogP contribution in [0.1, 0.15) is 19.8 Å². The molecule has 0 bridgehead atoms.